The number of cyclic esters (lactones) is 1. The van der Waals surface area contributed by atoms with Crippen LogP contribution in [0.25, 0.3) is 0 Å². The van der Waals surface area contributed by atoms with Crippen molar-refractivity contribution in [2.75, 3.05) is 7.11 Å². The lowest BCUT2D eigenvalue weighted by molar-refractivity contribution is -0.144. The summed E-state index contributed by atoms with van der Waals surface area (Å²) in [7, 11) is 1.42. The van der Waals surface area contributed by atoms with E-state index >= 15 is 0 Å². The van der Waals surface area contributed by atoms with E-state index < -0.39 is 17.4 Å². The van der Waals surface area contributed by atoms with Crippen molar-refractivity contribution in [1.82, 2.24) is 0 Å². The monoisotopic (exact) mass is 276 g/mol. The molecule has 108 valence electrons. The summed E-state index contributed by atoms with van der Waals surface area (Å²) in [5.74, 6) is -0.820. The molecule has 0 spiro atoms. The van der Waals surface area contributed by atoms with Crippen LogP contribution in [-0.4, -0.2) is 24.5 Å². The molecule has 1 aliphatic rings. The minimum atomic E-state index is -1.05. The molecule has 1 heterocycles. The Morgan fingerprint density at radius 3 is 2.65 bits per heavy atom. The van der Waals surface area contributed by atoms with Crippen LogP contribution in [0.3, 0.4) is 0 Å². The van der Waals surface area contributed by atoms with Crippen LogP contribution in [0.1, 0.15) is 27.2 Å². The van der Waals surface area contributed by atoms with Crippen molar-refractivity contribution in [3.05, 3.63) is 47.8 Å². The van der Waals surface area contributed by atoms with E-state index in [1.807, 2.05) is 19.1 Å². The van der Waals surface area contributed by atoms with Crippen LogP contribution in [0.2, 0.25) is 0 Å². The number of ketones is 1. The zero-order valence-electron chi connectivity index (χ0n) is 12.3. The Morgan fingerprint density at radius 1 is 1.40 bits per heavy atom. The van der Waals surface area contributed by atoms with Gasteiger partial charge in [0.15, 0.2) is 17.1 Å². The van der Waals surface area contributed by atoms with Crippen molar-refractivity contribution < 1.29 is 19.1 Å². The van der Waals surface area contributed by atoms with Crippen molar-refractivity contribution >= 4 is 11.8 Å². The van der Waals surface area contributed by atoms with Gasteiger partial charge >= 0.3 is 5.97 Å². The van der Waals surface area contributed by atoms with Gasteiger partial charge < -0.3 is 9.47 Å². The normalized spacial score (nSPS) is 23.3. The lowest BCUT2D eigenvalue weighted by Gasteiger charge is -2.21. The van der Waals surface area contributed by atoms with Crippen LogP contribution in [-0.2, 0) is 19.1 Å². The molecule has 0 saturated heterocycles. The zero-order valence-corrected chi connectivity index (χ0v) is 12.3. The van der Waals surface area contributed by atoms with Gasteiger partial charge in [0.2, 0.25) is 0 Å². The molecule has 0 aliphatic carbocycles. The molecule has 0 unspecified atom stereocenters. The fourth-order valence-electron chi connectivity index (χ4n) is 1.95. The highest BCUT2D eigenvalue weighted by atomic mass is 16.6. The van der Waals surface area contributed by atoms with Gasteiger partial charge in [0.1, 0.15) is 5.57 Å². The van der Waals surface area contributed by atoms with Crippen molar-refractivity contribution in [2.45, 2.75) is 32.8 Å². The number of ether oxygens (including phenoxy) is 2. The number of allylic oxidation sites excluding steroid dienone is 5. The molecule has 0 fully saturated rings. The Kier molecular flexibility index (Phi) is 5.50. The molecule has 0 aromatic carbocycles. The van der Waals surface area contributed by atoms with E-state index in [0.717, 1.165) is 6.42 Å². The lowest BCUT2D eigenvalue weighted by atomic mass is 9.99. The van der Waals surface area contributed by atoms with Gasteiger partial charge in [-0.15, -0.1) is 0 Å². The van der Waals surface area contributed by atoms with Gasteiger partial charge in [-0.3, -0.25) is 4.79 Å². The van der Waals surface area contributed by atoms with E-state index in [4.69, 9.17) is 9.47 Å². The predicted octanol–water partition coefficient (Wildman–Crippen LogP) is 2.87. The fraction of sp³-hybridized carbons (Fsp3) is 0.375. The predicted molar refractivity (Wildman–Crippen MR) is 76.9 cm³/mol. The van der Waals surface area contributed by atoms with Crippen molar-refractivity contribution in [3.63, 3.8) is 0 Å². The Balaban J connectivity index is 3.17. The van der Waals surface area contributed by atoms with Crippen molar-refractivity contribution in [1.29, 1.82) is 0 Å². The third-order valence-electron chi connectivity index (χ3n) is 2.85. The number of carbonyl (C=O) groups is 2. The summed E-state index contributed by atoms with van der Waals surface area (Å²) in [6.07, 6.45) is 11.1. The van der Waals surface area contributed by atoms with Gasteiger partial charge in [0, 0.05) is 0 Å². The van der Waals surface area contributed by atoms with Crippen LogP contribution in [0.15, 0.2) is 47.8 Å². The Labute approximate surface area is 119 Å². The van der Waals surface area contributed by atoms with Crippen LogP contribution in [0, 0.1) is 0 Å². The SMILES string of the molecule is C/C=C/C(=O)C1=C(OC)[C@@](C)(/C=C/C=C/CC)OC1=O. The largest absolute Gasteiger partial charge is 0.495 e. The summed E-state index contributed by atoms with van der Waals surface area (Å²) < 4.78 is 10.5. The van der Waals surface area contributed by atoms with Crippen LogP contribution < -0.4 is 0 Å². The summed E-state index contributed by atoms with van der Waals surface area (Å²) >= 11 is 0. The first-order chi connectivity index (χ1) is 9.50. The van der Waals surface area contributed by atoms with E-state index in [-0.39, 0.29) is 11.3 Å². The number of rotatable bonds is 6. The first-order valence-electron chi connectivity index (χ1n) is 6.53. The summed E-state index contributed by atoms with van der Waals surface area (Å²) in [5.41, 5.74) is -1.09. The van der Waals surface area contributed by atoms with Gasteiger partial charge in [-0.2, -0.15) is 0 Å². The summed E-state index contributed by atoms with van der Waals surface area (Å²) in [6.45, 7) is 5.42. The molecule has 0 radical (unpaired) electrons. The molecule has 0 aromatic heterocycles. The van der Waals surface area contributed by atoms with Gasteiger partial charge in [0.05, 0.1) is 7.11 Å². The van der Waals surface area contributed by atoms with Gasteiger partial charge in [0.25, 0.3) is 0 Å². The highest BCUT2D eigenvalue weighted by Gasteiger charge is 2.45. The molecule has 0 amide bonds. The average Bonchev–Trinajstić information content (AvgIpc) is 2.66. The number of carbonyl (C=O) groups excluding carboxylic acids is 2. The van der Waals surface area contributed by atoms with E-state index in [0.29, 0.717) is 0 Å². The molecule has 1 aliphatic heterocycles. The molecular formula is C16H20O4. The third-order valence-corrected chi connectivity index (χ3v) is 2.85. The number of hydrogen-bond donors (Lipinski definition) is 0. The maximum Gasteiger partial charge on any atom is 0.347 e. The highest BCUT2D eigenvalue weighted by molar-refractivity contribution is 6.23. The summed E-state index contributed by atoms with van der Waals surface area (Å²) in [4.78, 5) is 23.8. The molecule has 1 atom stereocenters. The highest BCUT2D eigenvalue weighted by Crippen LogP contribution is 2.35. The molecule has 0 bridgehead atoms. The molecule has 20 heavy (non-hydrogen) atoms. The number of hydrogen-bond acceptors (Lipinski definition) is 4. The Hall–Kier alpha value is -2.10. The second kappa shape index (κ2) is 6.89. The van der Waals surface area contributed by atoms with Crippen LogP contribution in [0.4, 0.5) is 0 Å². The average molecular weight is 276 g/mol. The molecular weight excluding hydrogens is 256 g/mol. The van der Waals surface area contributed by atoms with E-state index in [1.54, 1.807) is 32.1 Å². The molecule has 4 nitrogen and oxygen atoms in total. The molecule has 4 heteroatoms. The quantitative estimate of drug-likeness (QED) is 0.324. The first kappa shape index (κ1) is 16.0. The maximum absolute atomic E-state index is 11.9. The maximum atomic E-state index is 11.9. The van der Waals surface area contributed by atoms with Gasteiger partial charge in [-0.05, 0) is 32.4 Å². The second-order valence-electron chi connectivity index (χ2n) is 4.46. The summed E-state index contributed by atoms with van der Waals surface area (Å²) in [6, 6.07) is 0. The zero-order chi connectivity index (χ0) is 15.2. The van der Waals surface area contributed by atoms with Gasteiger partial charge in [-0.1, -0.05) is 31.2 Å². The van der Waals surface area contributed by atoms with Gasteiger partial charge in [-0.25, -0.2) is 4.79 Å². The van der Waals surface area contributed by atoms with E-state index in [9.17, 15) is 9.59 Å². The van der Waals surface area contributed by atoms with Crippen LogP contribution in [0.5, 0.6) is 0 Å². The second-order valence-corrected chi connectivity index (χ2v) is 4.46. The van der Waals surface area contributed by atoms with E-state index in [2.05, 4.69) is 0 Å². The standard InChI is InChI=1S/C16H20O4/c1-5-7-8-9-11-16(3)14(19-4)13(15(18)20-16)12(17)10-6-2/h6-11H,5H2,1-4H3/b8-7+,10-6+,11-9+/t16-/m1/s1. The minimum Gasteiger partial charge on any atom is -0.495 e. The topological polar surface area (TPSA) is 52.6 Å². The fourth-order valence-corrected chi connectivity index (χ4v) is 1.95. The Bertz CT molecular complexity index is 509. The summed E-state index contributed by atoms with van der Waals surface area (Å²) in [5, 5.41) is 0. The van der Waals surface area contributed by atoms with E-state index in [1.165, 1.54) is 13.2 Å². The molecule has 0 N–H and O–H groups in total. The van der Waals surface area contributed by atoms with Crippen LogP contribution >= 0.6 is 0 Å². The van der Waals surface area contributed by atoms with Crippen molar-refractivity contribution in [3.8, 4) is 0 Å². The molecule has 0 aromatic rings. The Morgan fingerprint density at radius 2 is 2.10 bits per heavy atom. The molecule has 1 rings (SSSR count). The third kappa shape index (κ3) is 3.26. The smallest absolute Gasteiger partial charge is 0.347 e. The first-order valence-corrected chi connectivity index (χ1v) is 6.53. The van der Waals surface area contributed by atoms with Crippen molar-refractivity contribution in [2.24, 2.45) is 0 Å². The lowest BCUT2D eigenvalue weighted by Crippen LogP contribution is -2.25. The number of methoxy groups -OCH3 is 1. The minimum absolute atomic E-state index is 0.0442. The number of esters is 1. The molecule has 0 saturated carbocycles.